The van der Waals surface area contributed by atoms with Crippen LogP contribution in [0.1, 0.15) is 27.2 Å². The molecule has 1 aromatic heterocycles. The number of halogens is 3. The van der Waals surface area contributed by atoms with E-state index in [0.29, 0.717) is 41.4 Å². The van der Waals surface area contributed by atoms with Gasteiger partial charge in [-0.05, 0) is 25.5 Å². The third-order valence-electron chi connectivity index (χ3n) is 4.81. The molecule has 2 aromatic rings. The van der Waals surface area contributed by atoms with E-state index in [1.807, 2.05) is 30.6 Å². The summed E-state index contributed by atoms with van der Waals surface area (Å²) in [6.45, 7) is 7.74. The minimum absolute atomic E-state index is 0.0516. The van der Waals surface area contributed by atoms with E-state index >= 15 is 0 Å². The molecular weight excluding hydrogens is 360 g/mol. The van der Waals surface area contributed by atoms with Gasteiger partial charge in [0.1, 0.15) is 5.82 Å². The number of hydrogen-bond donors (Lipinski definition) is 0. The van der Waals surface area contributed by atoms with Crippen molar-refractivity contribution in [2.45, 2.75) is 33.2 Å². The Bertz CT molecular complexity index is 843. The third-order valence-corrected chi connectivity index (χ3v) is 5.09. The van der Waals surface area contributed by atoms with Gasteiger partial charge in [0.05, 0.1) is 16.6 Å². The Morgan fingerprint density at radius 1 is 1.35 bits per heavy atom. The fourth-order valence-corrected chi connectivity index (χ4v) is 3.75. The van der Waals surface area contributed by atoms with Crippen LogP contribution in [0.2, 0.25) is 5.02 Å². The van der Waals surface area contributed by atoms with Gasteiger partial charge >= 0.3 is 0 Å². The largest absolute Gasteiger partial charge is 0.353 e. The van der Waals surface area contributed by atoms with Crippen LogP contribution < -0.4 is 4.90 Å². The number of amides is 1. The molecule has 140 valence electrons. The number of benzene rings is 1. The number of pyridine rings is 1. The van der Waals surface area contributed by atoms with E-state index in [1.54, 1.807) is 6.07 Å². The molecule has 0 saturated carbocycles. The number of aromatic nitrogens is 1. The number of rotatable bonds is 4. The molecule has 1 saturated heterocycles. The molecule has 1 aliphatic rings. The number of nitrogens with zero attached hydrogens (tertiary/aromatic N) is 3. The van der Waals surface area contributed by atoms with Crippen LogP contribution >= 0.6 is 11.6 Å². The maximum absolute atomic E-state index is 13.5. The van der Waals surface area contributed by atoms with Gasteiger partial charge in [0.25, 0.3) is 0 Å². The third kappa shape index (κ3) is 3.47. The molecule has 0 aliphatic carbocycles. The zero-order valence-electron chi connectivity index (χ0n) is 15.1. The molecule has 1 aromatic carbocycles. The maximum Gasteiger partial charge on any atom is 0.225 e. The quantitative estimate of drug-likeness (QED) is 0.794. The van der Waals surface area contributed by atoms with Crippen molar-refractivity contribution < 1.29 is 13.6 Å². The Hall–Kier alpha value is -1.95. The van der Waals surface area contributed by atoms with Crippen LogP contribution in [0.25, 0.3) is 10.9 Å². The van der Waals surface area contributed by atoms with Crippen molar-refractivity contribution >= 4 is 34.2 Å². The predicted octanol–water partition coefficient (Wildman–Crippen LogP) is 4.25. The van der Waals surface area contributed by atoms with Crippen molar-refractivity contribution in [3.05, 3.63) is 34.9 Å². The highest BCUT2D eigenvalue weighted by Crippen LogP contribution is 2.32. The minimum Gasteiger partial charge on any atom is -0.353 e. The van der Waals surface area contributed by atoms with E-state index < -0.39 is 11.6 Å². The molecule has 0 spiro atoms. The summed E-state index contributed by atoms with van der Waals surface area (Å²) in [5.41, 5.74) is 0.359. The van der Waals surface area contributed by atoms with Crippen molar-refractivity contribution in [3.8, 4) is 0 Å². The topological polar surface area (TPSA) is 36.4 Å². The second-order valence-corrected chi connectivity index (χ2v) is 7.33. The fourth-order valence-electron chi connectivity index (χ4n) is 3.47. The summed E-state index contributed by atoms with van der Waals surface area (Å²) in [7, 11) is 0. The number of hydrogen-bond acceptors (Lipinski definition) is 3. The smallest absolute Gasteiger partial charge is 0.225 e. The highest BCUT2D eigenvalue weighted by molar-refractivity contribution is 6.33. The Morgan fingerprint density at radius 3 is 2.69 bits per heavy atom. The van der Waals surface area contributed by atoms with Gasteiger partial charge in [-0.3, -0.25) is 4.79 Å². The predicted molar refractivity (Wildman–Crippen MR) is 99.5 cm³/mol. The lowest BCUT2D eigenvalue weighted by atomic mass is 10.1. The molecule has 26 heavy (non-hydrogen) atoms. The van der Waals surface area contributed by atoms with Gasteiger partial charge in [-0.25, -0.2) is 13.8 Å². The number of fused-ring (bicyclic) bond motifs is 1. The highest BCUT2D eigenvalue weighted by atomic mass is 35.5. The summed E-state index contributed by atoms with van der Waals surface area (Å²) < 4.78 is 26.9. The van der Waals surface area contributed by atoms with Crippen molar-refractivity contribution in [1.29, 1.82) is 0 Å². The van der Waals surface area contributed by atoms with Gasteiger partial charge < -0.3 is 9.80 Å². The first-order chi connectivity index (χ1) is 12.3. The van der Waals surface area contributed by atoms with Gasteiger partial charge in [0.15, 0.2) is 11.6 Å². The van der Waals surface area contributed by atoms with Gasteiger partial charge in [-0.15, -0.1) is 0 Å². The molecule has 0 unspecified atom stereocenters. The van der Waals surface area contributed by atoms with Gasteiger partial charge in [0, 0.05) is 37.0 Å². The summed E-state index contributed by atoms with van der Waals surface area (Å²) >= 11 is 6.35. The van der Waals surface area contributed by atoms with Crippen molar-refractivity contribution in [2.75, 3.05) is 24.5 Å². The first kappa shape index (κ1) is 18.8. The molecule has 0 radical (unpaired) electrons. The molecule has 3 rings (SSSR count). The van der Waals surface area contributed by atoms with E-state index in [0.717, 1.165) is 18.6 Å². The van der Waals surface area contributed by atoms with Crippen LogP contribution in [-0.4, -0.2) is 41.5 Å². The monoisotopic (exact) mass is 381 g/mol. The number of carbonyl (C=O) groups is 1. The summed E-state index contributed by atoms with van der Waals surface area (Å²) in [4.78, 5) is 20.7. The van der Waals surface area contributed by atoms with Crippen molar-refractivity contribution in [1.82, 2.24) is 9.88 Å². The second kappa shape index (κ2) is 7.35. The van der Waals surface area contributed by atoms with Crippen LogP contribution in [0.4, 0.5) is 14.6 Å². The molecule has 2 heterocycles. The molecular formula is C19H22ClF2N3O. The van der Waals surface area contributed by atoms with Crippen molar-refractivity contribution in [2.24, 2.45) is 5.92 Å². The average Bonchev–Trinajstić information content (AvgIpc) is 3.06. The van der Waals surface area contributed by atoms with E-state index in [9.17, 15) is 13.6 Å². The van der Waals surface area contributed by atoms with E-state index in [-0.39, 0.29) is 17.9 Å². The van der Waals surface area contributed by atoms with Crippen LogP contribution in [0.15, 0.2) is 18.2 Å². The Morgan fingerprint density at radius 2 is 2.04 bits per heavy atom. The normalized spacial score (nSPS) is 17.3. The fraction of sp³-hybridized carbons (Fsp3) is 0.474. The van der Waals surface area contributed by atoms with Crippen LogP contribution in [-0.2, 0) is 4.79 Å². The first-order valence-corrected chi connectivity index (χ1v) is 9.20. The molecule has 7 heteroatoms. The molecule has 1 fully saturated rings. The summed E-state index contributed by atoms with van der Waals surface area (Å²) in [5, 5.41) is 0.848. The second-order valence-electron chi connectivity index (χ2n) is 6.92. The van der Waals surface area contributed by atoms with Crippen LogP contribution in [0.3, 0.4) is 0 Å². The number of anilines is 1. The molecule has 4 nitrogen and oxygen atoms in total. The van der Waals surface area contributed by atoms with Crippen LogP contribution in [0, 0.1) is 17.6 Å². The molecule has 1 aliphatic heterocycles. The Kier molecular flexibility index (Phi) is 5.32. The highest BCUT2D eigenvalue weighted by Gasteiger charge is 2.32. The average molecular weight is 382 g/mol. The summed E-state index contributed by atoms with van der Waals surface area (Å²) in [6.07, 6.45) is 0.820. The van der Waals surface area contributed by atoms with E-state index in [2.05, 4.69) is 4.98 Å². The number of carbonyl (C=O) groups excluding carboxylic acids is 1. The standard InChI is InChI=1S/C19H22ClF2N3O/c1-4-25(19(26)11(2)3)13-5-6-24(10-13)18-14(20)7-12-8-15(21)16(22)9-17(12)23-18/h7-9,11,13H,4-6,10H2,1-3H3/t13-/m0/s1. The van der Waals surface area contributed by atoms with Gasteiger partial charge in [0.2, 0.25) is 5.91 Å². The Balaban J connectivity index is 1.87. The van der Waals surface area contributed by atoms with Crippen LogP contribution in [0.5, 0.6) is 0 Å². The number of likely N-dealkylation sites (N-methyl/N-ethyl adjacent to an activating group) is 1. The zero-order chi connectivity index (χ0) is 19.0. The van der Waals surface area contributed by atoms with Gasteiger partial charge in [-0.2, -0.15) is 0 Å². The minimum atomic E-state index is -0.933. The summed E-state index contributed by atoms with van der Waals surface area (Å²) in [6, 6.07) is 3.87. The molecule has 1 amide bonds. The Labute approximate surface area is 156 Å². The molecule has 0 N–H and O–H groups in total. The van der Waals surface area contributed by atoms with E-state index in [1.165, 1.54) is 0 Å². The van der Waals surface area contributed by atoms with Crippen molar-refractivity contribution in [3.63, 3.8) is 0 Å². The lowest BCUT2D eigenvalue weighted by Crippen LogP contribution is -2.43. The summed E-state index contributed by atoms with van der Waals surface area (Å²) in [5.74, 6) is -1.23. The molecule has 1 atom stereocenters. The molecule has 0 bridgehead atoms. The first-order valence-electron chi connectivity index (χ1n) is 8.82. The lowest BCUT2D eigenvalue weighted by molar-refractivity contribution is -0.136. The maximum atomic E-state index is 13.5. The van der Waals surface area contributed by atoms with E-state index in [4.69, 9.17) is 11.6 Å². The lowest BCUT2D eigenvalue weighted by Gasteiger charge is -2.29. The van der Waals surface area contributed by atoms with Gasteiger partial charge in [-0.1, -0.05) is 25.4 Å². The SMILES string of the molecule is CCN(C(=O)C(C)C)[C@H]1CCN(c2nc3cc(F)c(F)cc3cc2Cl)C1. The zero-order valence-corrected chi connectivity index (χ0v) is 15.9.